The number of sulfonamides is 1. The minimum absolute atomic E-state index is 0.107. The van der Waals surface area contributed by atoms with Crippen molar-refractivity contribution in [2.45, 2.75) is 29.7 Å². The molecule has 0 unspecified atom stereocenters. The van der Waals surface area contributed by atoms with E-state index in [1.807, 2.05) is 0 Å². The largest absolute Gasteiger partial charge is 0.471 e. The summed E-state index contributed by atoms with van der Waals surface area (Å²) in [6.07, 6.45) is -6.41. The molecule has 1 aliphatic rings. The Hall–Kier alpha value is -2.55. The van der Waals surface area contributed by atoms with Crippen molar-refractivity contribution in [3.05, 3.63) is 35.8 Å². The normalized spacial score (nSPS) is 20.1. The lowest BCUT2D eigenvalue weighted by atomic mass is 10.1. The SMILES string of the molecule is NS(=O)(=O)c1ccc(Nc2ncc(C(F)(F)F)c(O[C@H]3CCOC[C@H]3O)n2)c(F)c1. The molecule has 1 saturated heterocycles. The molecule has 9 nitrogen and oxygen atoms in total. The monoisotopic (exact) mass is 452 g/mol. The van der Waals surface area contributed by atoms with Gasteiger partial charge in [0.1, 0.15) is 23.6 Å². The van der Waals surface area contributed by atoms with Crippen LogP contribution in [0.25, 0.3) is 0 Å². The highest BCUT2D eigenvalue weighted by Gasteiger charge is 2.38. The first kappa shape index (κ1) is 22.1. The van der Waals surface area contributed by atoms with Gasteiger partial charge in [-0.15, -0.1) is 0 Å². The molecule has 0 saturated carbocycles. The van der Waals surface area contributed by atoms with Gasteiger partial charge in [0.05, 0.1) is 23.8 Å². The molecule has 0 aliphatic carbocycles. The number of halogens is 4. The lowest BCUT2D eigenvalue weighted by molar-refractivity contribution is -0.141. The van der Waals surface area contributed by atoms with E-state index in [0.717, 1.165) is 12.1 Å². The first-order chi connectivity index (χ1) is 13.9. The first-order valence-corrected chi connectivity index (χ1v) is 9.96. The zero-order valence-corrected chi connectivity index (χ0v) is 15.9. The lowest BCUT2D eigenvalue weighted by Crippen LogP contribution is -2.41. The van der Waals surface area contributed by atoms with Gasteiger partial charge in [-0.2, -0.15) is 18.2 Å². The predicted molar refractivity (Wildman–Crippen MR) is 93.9 cm³/mol. The zero-order chi connectivity index (χ0) is 22.1. The number of aromatic nitrogens is 2. The van der Waals surface area contributed by atoms with Crippen LogP contribution in [0.1, 0.15) is 12.0 Å². The summed E-state index contributed by atoms with van der Waals surface area (Å²) >= 11 is 0. The summed E-state index contributed by atoms with van der Waals surface area (Å²) in [5.41, 5.74) is -1.59. The van der Waals surface area contributed by atoms with Crippen LogP contribution in [-0.4, -0.2) is 48.9 Å². The molecule has 164 valence electrons. The molecule has 0 spiro atoms. The third-order valence-corrected chi connectivity index (χ3v) is 5.01. The van der Waals surface area contributed by atoms with Crippen LogP contribution in [-0.2, 0) is 20.9 Å². The number of aliphatic hydroxyl groups is 1. The molecule has 0 bridgehead atoms. The van der Waals surface area contributed by atoms with Gasteiger partial charge in [-0.3, -0.25) is 0 Å². The molecule has 0 amide bonds. The lowest BCUT2D eigenvalue weighted by Gasteiger charge is -2.28. The van der Waals surface area contributed by atoms with Gasteiger partial charge in [0.2, 0.25) is 21.9 Å². The van der Waals surface area contributed by atoms with Gasteiger partial charge in [0, 0.05) is 12.6 Å². The maximum Gasteiger partial charge on any atom is 0.423 e. The number of benzene rings is 1. The maximum absolute atomic E-state index is 14.2. The summed E-state index contributed by atoms with van der Waals surface area (Å²) in [7, 11) is -4.14. The molecular formula is C16H16F4N4O5S. The highest BCUT2D eigenvalue weighted by Crippen LogP contribution is 2.36. The Morgan fingerprint density at radius 2 is 2.07 bits per heavy atom. The van der Waals surface area contributed by atoms with E-state index in [4.69, 9.17) is 14.6 Å². The quantitative estimate of drug-likeness (QED) is 0.582. The van der Waals surface area contributed by atoms with E-state index in [-0.39, 0.29) is 25.3 Å². The van der Waals surface area contributed by atoms with Gasteiger partial charge in [-0.25, -0.2) is 22.9 Å². The van der Waals surface area contributed by atoms with Crippen LogP contribution in [0.5, 0.6) is 5.88 Å². The molecule has 3 rings (SSSR count). The molecule has 0 radical (unpaired) electrons. The van der Waals surface area contributed by atoms with Crippen LogP contribution in [0.15, 0.2) is 29.3 Å². The van der Waals surface area contributed by atoms with Crippen LogP contribution < -0.4 is 15.2 Å². The molecule has 14 heteroatoms. The number of aliphatic hydroxyl groups excluding tert-OH is 1. The summed E-state index contributed by atoms with van der Waals surface area (Å²) in [5.74, 6) is -2.35. The summed E-state index contributed by atoms with van der Waals surface area (Å²) in [5, 5.41) is 17.1. The van der Waals surface area contributed by atoms with E-state index < -0.39 is 56.5 Å². The van der Waals surface area contributed by atoms with E-state index in [1.54, 1.807) is 0 Å². The third kappa shape index (κ3) is 5.13. The second-order valence-electron chi connectivity index (χ2n) is 6.31. The number of alkyl halides is 3. The number of ether oxygens (including phenoxy) is 2. The minimum Gasteiger partial charge on any atom is -0.471 e. The van der Waals surface area contributed by atoms with E-state index in [1.165, 1.54) is 0 Å². The molecule has 1 aliphatic heterocycles. The van der Waals surface area contributed by atoms with Crippen LogP contribution >= 0.6 is 0 Å². The summed E-state index contributed by atoms with van der Waals surface area (Å²) in [4.78, 5) is 6.67. The fourth-order valence-electron chi connectivity index (χ4n) is 2.59. The average molecular weight is 452 g/mol. The Morgan fingerprint density at radius 3 is 2.67 bits per heavy atom. The van der Waals surface area contributed by atoms with Crippen molar-refractivity contribution in [1.82, 2.24) is 9.97 Å². The fraction of sp³-hybridized carbons (Fsp3) is 0.375. The fourth-order valence-corrected chi connectivity index (χ4v) is 3.11. The van der Waals surface area contributed by atoms with E-state index in [9.17, 15) is 31.1 Å². The van der Waals surface area contributed by atoms with Crippen LogP contribution in [0.2, 0.25) is 0 Å². The number of hydrogen-bond acceptors (Lipinski definition) is 8. The maximum atomic E-state index is 14.2. The van der Waals surface area contributed by atoms with Gasteiger partial charge in [0.15, 0.2) is 0 Å². The highest BCUT2D eigenvalue weighted by atomic mass is 32.2. The number of rotatable bonds is 5. The van der Waals surface area contributed by atoms with Crippen molar-refractivity contribution < 1.29 is 40.6 Å². The van der Waals surface area contributed by atoms with Crippen molar-refractivity contribution >= 4 is 21.7 Å². The molecule has 4 N–H and O–H groups in total. The average Bonchev–Trinajstić information content (AvgIpc) is 2.64. The molecule has 1 aromatic carbocycles. The molecular weight excluding hydrogens is 436 g/mol. The van der Waals surface area contributed by atoms with E-state index >= 15 is 0 Å². The second kappa shape index (κ2) is 8.29. The van der Waals surface area contributed by atoms with Crippen LogP contribution in [0.3, 0.4) is 0 Å². The number of nitrogens with zero attached hydrogens (tertiary/aromatic N) is 2. The zero-order valence-electron chi connectivity index (χ0n) is 15.1. The molecule has 1 aromatic heterocycles. The summed E-state index contributed by atoms with van der Waals surface area (Å²) < 4.78 is 86.8. The second-order valence-corrected chi connectivity index (χ2v) is 7.87. The Labute approximate surface area is 167 Å². The molecule has 30 heavy (non-hydrogen) atoms. The molecule has 2 heterocycles. The van der Waals surface area contributed by atoms with Crippen LogP contribution in [0.4, 0.5) is 29.2 Å². The highest BCUT2D eigenvalue weighted by molar-refractivity contribution is 7.89. The Balaban J connectivity index is 1.91. The molecule has 2 aromatic rings. The summed E-state index contributed by atoms with van der Waals surface area (Å²) in [6, 6.07) is 2.65. The topological polar surface area (TPSA) is 137 Å². The Bertz CT molecular complexity index is 1030. The number of primary sulfonamides is 1. The molecule has 1 fully saturated rings. The van der Waals surface area contributed by atoms with Crippen molar-refractivity contribution in [2.75, 3.05) is 18.5 Å². The number of nitrogens with two attached hydrogens (primary N) is 1. The van der Waals surface area contributed by atoms with Crippen molar-refractivity contribution in [3.63, 3.8) is 0 Å². The third-order valence-electron chi connectivity index (χ3n) is 4.10. The smallest absolute Gasteiger partial charge is 0.423 e. The van der Waals surface area contributed by atoms with Gasteiger partial charge < -0.3 is 19.9 Å². The van der Waals surface area contributed by atoms with Crippen molar-refractivity contribution in [2.24, 2.45) is 5.14 Å². The van der Waals surface area contributed by atoms with Crippen molar-refractivity contribution in [1.29, 1.82) is 0 Å². The van der Waals surface area contributed by atoms with E-state index in [0.29, 0.717) is 12.3 Å². The van der Waals surface area contributed by atoms with Gasteiger partial charge >= 0.3 is 6.18 Å². The van der Waals surface area contributed by atoms with Gasteiger partial charge in [0.25, 0.3) is 0 Å². The predicted octanol–water partition coefficient (Wildman–Crippen LogP) is 1.55. The Kier molecular flexibility index (Phi) is 6.12. The minimum atomic E-state index is -4.84. The van der Waals surface area contributed by atoms with Crippen molar-refractivity contribution in [3.8, 4) is 5.88 Å². The number of nitrogens with one attached hydrogen (secondary N) is 1. The molecule has 2 atom stereocenters. The Morgan fingerprint density at radius 1 is 1.33 bits per heavy atom. The standard InChI is InChI=1S/C16H16F4N4O5S/c17-10-5-8(30(21,26)27)1-2-11(10)23-15-22-6-9(16(18,19)20)14(24-15)29-13-3-4-28-7-12(13)25/h1-2,5-6,12-13,25H,3-4,7H2,(H2,21,26,27)(H,22,23,24)/t12-,13+/m1/s1. The van der Waals surface area contributed by atoms with E-state index in [2.05, 4.69) is 15.3 Å². The number of hydrogen-bond donors (Lipinski definition) is 3. The first-order valence-electron chi connectivity index (χ1n) is 8.41. The van der Waals surface area contributed by atoms with Crippen LogP contribution in [0, 0.1) is 5.82 Å². The van der Waals surface area contributed by atoms with Gasteiger partial charge in [-0.05, 0) is 18.2 Å². The summed E-state index contributed by atoms with van der Waals surface area (Å²) in [6.45, 7) is 0.0741. The number of anilines is 2. The van der Waals surface area contributed by atoms with Gasteiger partial charge in [-0.1, -0.05) is 0 Å².